The van der Waals surface area contributed by atoms with Crippen molar-refractivity contribution in [3.05, 3.63) is 48.5 Å². The van der Waals surface area contributed by atoms with Crippen LogP contribution in [0.3, 0.4) is 0 Å². The predicted octanol–water partition coefficient (Wildman–Crippen LogP) is 4.00. The number of amides is 1. The van der Waals surface area contributed by atoms with Gasteiger partial charge in [0.2, 0.25) is 0 Å². The second kappa shape index (κ2) is 8.19. The number of aromatic nitrogens is 4. The third-order valence-electron chi connectivity index (χ3n) is 5.33. The largest absolute Gasteiger partial charge is 0.444 e. The summed E-state index contributed by atoms with van der Waals surface area (Å²) in [6, 6.07) is 9.85. The van der Waals surface area contributed by atoms with Gasteiger partial charge in [-0.05, 0) is 44.9 Å². The van der Waals surface area contributed by atoms with Crippen LogP contribution in [0.25, 0.3) is 22.5 Å². The van der Waals surface area contributed by atoms with Gasteiger partial charge in [-0.1, -0.05) is 24.3 Å². The van der Waals surface area contributed by atoms with Gasteiger partial charge in [0, 0.05) is 19.2 Å². The molecule has 3 heterocycles. The number of aromatic amines is 1. The van der Waals surface area contributed by atoms with Gasteiger partial charge in [0.25, 0.3) is 0 Å². The SMILES string of the molecule is CCn1nccc1-c1ccc(-c2cnc([C@@H]3C[C@@H](O)CN3C(=O)OC(C)(C)C)[nH]2)cc1. The minimum atomic E-state index is -0.603. The van der Waals surface area contributed by atoms with Crippen LogP contribution in [0.4, 0.5) is 4.79 Å². The van der Waals surface area contributed by atoms with Crippen molar-refractivity contribution < 1.29 is 14.6 Å². The highest BCUT2D eigenvalue weighted by atomic mass is 16.6. The van der Waals surface area contributed by atoms with Gasteiger partial charge >= 0.3 is 6.09 Å². The lowest BCUT2D eigenvalue weighted by Crippen LogP contribution is -2.37. The van der Waals surface area contributed by atoms with Gasteiger partial charge in [0.05, 0.1) is 36.3 Å². The number of hydrogen-bond donors (Lipinski definition) is 2. The van der Waals surface area contributed by atoms with E-state index in [0.29, 0.717) is 12.2 Å². The van der Waals surface area contributed by atoms with Gasteiger partial charge in [-0.2, -0.15) is 5.10 Å². The van der Waals surface area contributed by atoms with Crippen molar-refractivity contribution in [2.24, 2.45) is 0 Å². The summed E-state index contributed by atoms with van der Waals surface area (Å²) >= 11 is 0. The number of H-pyrrole nitrogens is 1. The monoisotopic (exact) mass is 423 g/mol. The Hall–Kier alpha value is -3.13. The lowest BCUT2D eigenvalue weighted by molar-refractivity contribution is 0.0201. The Morgan fingerprint density at radius 3 is 2.61 bits per heavy atom. The highest BCUT2D eigenvalue weighted by Crippen LogP contribution is 2.33. The molecule has 0 spiro atoms. The third kappa shape index (κ3) is 4.49. The quantitative estimate of drug-likeness (QED) is 0.661. The highest BCUT2D eigenvalue weighted by Gasteiger charge is 2.39. The Labute approximate surface area is 181 Å². The van der Waals surface area contributed by atoms with Crippen LogP contribution in [0.15, 0.2) is 42.7 Å². The Kier molecular flexibility index (Phi) is 5.58. The fourth-order valence-corrected chi connectivity index (χ4v) is 3.90. The van der Waals surface area contributed by atoms with Crippen LogP contribution in [-0.2, 0) is 11.3 Å². The van der Waals surface area contributed by atoms with Crippen molar-refractivity contribution in [3.8, 4) is 22.5 Å². The van der Waals surface area contributed by atoms with Crippen molar-refractivity contribution in [2.75, 3.05) is 6.54 Å². The van der Waals surface area contributed by atoms with E-state index in [4.69, 9.17) is 4.74 Å². The number of hydrogen-bond acceptors (Lipinski definition) is 5. The molecule has 2 atom stereocenters. The molecular formula is C23H29N5O3. The topological polar surface area (TPSA) is 96.3 Å². The average Bonchev–Trinajstić information content (AvgIpc) is 3.45. The minimum absolute atomic E-state index is 0.232. The maximum Gasteiger partial charge on any atom is 0.411 e. The van der Waals surface area contributed by atoms with Crippen molar-refractivity contribution >= 4 is 6.09 Å². The Morgan fingerprint density at radius 2 is 1.94 bits per heavy atom. The molecular weight excluding hydrogens is 394 g/mol. The van der Waals surface area contributed by atoms with Gasteiger partial charge in [-0.15, -0.1) is 0 Å². The first-order chi connectivity index (χ1) is 14.7. The van der Waals surface area contributed by atoms with Gasteiger partial charge in [-0.25, -0.2) is 9.78 Å². The summed E-state index contributed by atoms with van der Waals surface area (Å²) in [6.45, 7) is 8.60. The highest BCUT2D eigenvalue weighted by molar-refractivity contribution is 5.70. The molecule has 164 valence electrons. The molecule has 2 aromatic heterocycles. The van der Waals surface area contributed by atoms with Crippen molar-refractivity contribution in [2.45, 2.75) is 58.4 Å². The van der Waals surface area contributed by atoms with Crippen LogP contribution in [0.1, 0.15) is 46.0 Å². The summed E-state index contributed by atoms with van der Waals surface area (Å²) in [4.78, 5) is 22.0. The van der Waals surface area contributed by atoms with Crippen LogP contribution in [0.5, 0.6) is 0 Å². The van der Waals surface area contributed by atoms with Crippen LogP contribution >= 0.6 is 0 Å². The van der Waals surface area contributed by atoms with E-state index >= 15 is 0 Å². The second-order valence-corrected chi connectivity index (χ2v) is 8.83. The van der Waals surface area contributed by atoms with E-state index in [0.717, 1.165) is 29.1 Å². The van der Waals surface area contributed by atoms with E-state index in [1.807, 2.05) is 43.7 Å². The molecule has 0 saturated carbocycles. The number of carbonyl (C=O) groups is 1. The van der Waals surface area contributed by atoms with Gasteiger partial charge in [0.1, 0.15) is 11.4 Å². The number of likely N-dealkylation sites (tertiary alicyclic amines) is 1. The summed E-state index contributed by atoms with van der Waals surface area (Å²) in [6.07, 6.45) is 2.95. The molecule has 1 aliphatic heterocycles. The molecule has 1 aromatic carbocycles. The molecule has 0 aliphatic carbocycles. The smallest absolute Gasteiger partial charge is 0.411 e. The number of β-amino-alcohol motifs (C(OH)–C–C–N with tert-alkyl or cyclic N) is 1. The maximum atomic E-state index is 12.6. The predicted molar refractivity (Wildman–Crippen MR) is 117 cm³/mol. The molecule has 2 N–H and O–H groups in total. The van der Waals surface area contributed by atoms with E-state index in [2.05, 4.69) is 34.1 Å². The summed E-state index contributed by atoms with van der Waals surface area (Å²) < 4.78 is 7.47. The van der Waals surface area contributed by atoms with E-state index in [9.17, 15) is 9.90 Å². The Balaban J connectivity index is 1.54. The number of aliphatic hydroxyl groups is 1. The van der Waals surface area contributed by atoms with Gasteiger partial charge in [0.15, 0.2) is 0 Å². The fraction of sp³-hybridized carbons (Fsp3) is 0.435. The number of aliphatic hydroxyl groups excluding tert-OH is 1. The van der Waals surface area contributed by atoms with Crippen molar-refractivity contribution in [1.82, 2.24) is 24.6 Å². The first-order valence-corrected chi connectivity index (χ1v) is 10.6. The zero-order valence-corrected chi connectivity index (χ0v) is 18.4. The normalized spacial score (nSPS) is 19.1. The summed E-state index contributed by atoms with van der Waals surface area (Å²) in [5.41, 5.74) is 3.42. The Morgan fingerprint density at radius 1 is 1.23 bits per heavy atom. The molecule has 1 saturated heterocycles. The van der Waals surface area contributed by atoms with Gasteiger partial charge in [-0.3, -0.25) is 9.58 Å². The molecule has 8 nitrogen and oxygen atoms in total. The van der Waals surface area contributed by atoms with Crippen LogP contribution < -0.4 is 0 Å². The first kappa shape index (κ1) is 21.1. The summed E-state index contributed by atoms with van der Waals surface area (Å²) in [5.74, 6) is 0.644. The van der Waals surface area contributed by atoms with Crippen molar-refractivity contribution in [3.63, 3.8) is 0 Å². The molecule has 0 bridgehead atoms. The van der Waals surface area contributed by atoms with Crippen LogP contribution in [0, 0.1) is 0 Å². The zero-order chi connectivity index (χ0) is 22.2. The Bertz CT molecular complexity index is 1050. The van der Waals surface area contributed by atoms with E-state index in [1.165, 1.54) is 0 Å². The van der Waals surface area contributed by atoms with E-state index < -0.39 is 17.8 Å². The number of nitrogens with zero attached hydrogens (tertiary/aromatic N) is 4. The van der Waals surface area contributed by atoms with Crippen LogP contribution in [-0.4, -0.2) is 54.1 Å². The number of carbonyl (C=O) groups excluding carboxylic acids is 1. The number of benzene rings is 1. The third-order valence-corrected chi connectivity index (χ3v) is 5.33. The molecule has 1 aliphatic rings. The zero-order valence-electron chi connectivity index (χ0n) is 18.4. The molecule has 31 heavy (non-hydrogen) atoms. The molecule has 1 amide bonds. The minimum Gasteiger partial charge on any atom is -0.444 e. The molecule has 3 aromatic rings. The number of imidazole rings is 1. The average molecular weight is 424 g/mol. The van der Waals surface area contributed by atoms with Gasteiger partial charge < -0.3 is 14.8 Å². The van der Waals surface area contributed by atoms with Crippen molar-refractivity contribution in [1.29, 1.82) is 0 Å². The second-order valence-electron chi connectivity index (χ2n) is 8.83. The number of rotatable bonds is 4. The summed E-state index contributed by atoms with van der Waals surface area (Å²) in [5, 5.41) is 14.5. The summed E-state index contributed by atoms with van der Waals surface area (Å²) in [7, 11) is 0. The molecule has 8 heteroatoms. The number of ether oxygens (including phenoxy) is 1. The van der Waals surface area contributed by atoms with E-state index in [1.54, 1.807) is 17.3 Å². The molecule has 1 fully saturated rings. The maximum absolute atomic E-state index is 12.6. The lowest BCUT2D eigenvalue weighted by Gasteiger charge is -2.27. The number of nitrogens with one attached hydrogen (secondary N) is 1. The van der Waals surface area contributed by atoms with E-state index in [-0.39, 0.29) is 12.6 Å². The number of aryl methyl sites for hydroxylation is 1. The van der Waals surface area contributed by atoms with Crippen LogP contribution in [0.2, 0.25) is 0 Å². The first-order valence-electron chi connectivity index (χ1n) is 10.6. The molecule has 4 rings (SSSR count). The standard InChI is InChI=1S/C23H29N5O3/c1-5-28-19(10-11-25-28)16-8-6-15(7-9-16)18-13-24-21(26-18)20-12-17(29)14-27(20)22(30)31-23(2,3)4/h6-11,13,17,20,29H,5,12,14H2,1-4H3,(H,24,26)/t17-,20+/m1/s1. The fourth-order valence-electron chi connectivity index (χ4n) is 3.90. The lowest BCUT2D eigenvalue weighted by atomic mass is 10.1. The molecule has 0 unspecified atom stereocenters. The molecule has 0 radical (unpaired) electrons.